The Morgan fingerprint density at radius 1 is 1.00 bits per heavy atom. The number of anilines is 1. The Morgan fingerprint density at radius 2 is 1.78 bits per heavy atom. The first-order chi connectivity index (χ1) is 8.92. The molecule has 0 aromatic heterocycles. The smallest absolute Gasteiger partial charge is 0.163 e. The lowest BCUT2D eigenvalue weighted by molar-refractivity contribution is 0.297. The van der Waals surface area contributed by atoms with Crippen molar-refractivity contribution in [3.8, 4) is 11.5 Å². The van der Waals surface area contributed by atoms with Crippen LogP contribution in [0.2, 0.25) is 0 Å². The molecule has 1 aromatic rings. The minimum absolute atomic E-state index is 0.749. The topological polar surface area (TPSA) is 30.5 Å². The highest BCUT2D eigenvalue weighted by Crippen LogP contribution is 2.32. The molecule has 0 saturated heterocycles. The lowest BCUT2D eigenvalue weighted by Crippen LogP contribution is -2.10. The Balaban J connectivity index is 1.63. The molecule has 0 atom stereocenters. The van der Waals surface area contributed by atoms with E-state index < -0.39 is 0 Å². The van der Waals surface area contributed by atoms with Crippen molar-refractivity contribution in [3.05, 3.63) is 18.2 Å². The molecule has 1 N–H and O–H groups in total. The van der Waals surface area contributed by atoms with E-state index in [9.17, 15) is 0 Å². The van der Waals surface area contributed by atoms with E-state index in [1.807, 2.05) is 6.07 Å². The number of ether oxygens (including phenoxy) is 2. The van der Waals surface area contributed by atoms with E-state index in [-0.39, 0.29) is 0 Å². The fraction of sp³-hybridized carbons (Fsp3) is 0.600. The molecule has 18 heavy (non-hydrogen) atoms. The summed E-state index contributed by atoms with van der Waals surface area (Å²) < 4.78 is 11.3. The van der Waals surface area contributed by atoms with Crippen LogP contribution in [0.5, 0.6) is 11.5 Å². The highest BCUT2D eigenvalue weighted by atomic mass is 16.5. The summed E-state index contributed by atoms with van der Waals surface area (Å²) in [6.45, 7) is 2.58. The predicted molar refractivity (Wildman–Crippen MR) is 72.5 cm³/mol. The van der Waals surface area contributed by atoms with Gasteiger partial charge in [-0.25, -0.2) is 0 Å². The van der Waals surface area contributed by atoms with Crippen LogP contribution >= 0.6 is 0 Å². The number of fused-ring (bicyclic) bond motifs is 1. The average molecular weight is 247 g/mol. The number of hydrogen-bond acceptors (Lipinski definition) is 3. The summed E-state index contributed by atoms with van der Waals surface area (Å²) in [5, 5.41) is 3.52. The van der Waals surface area contributed by atoms with E-state index in [1.165, 1.54) is 25.7 Å². The summed E-state index contributed by atoms with van der Waals surface area (Å²) in [5.74, 6) is 2.60. The van der Waals surface area contributed by atoms with Crippen molar-refractivity contribution in [1.82, 2.24) is 0 Å². The van der Waals surface area contributed by atoms with Gasteiger partial charge in [-0.3, -0.25) is 0 Å². The summed E-state index contributed by atoms with van der Waals surface area (Å²) in [5.41, 5.74) is 1.14. The molecule has 1 heterocycles. The maximum absolute atomic E-state index is 5.70. The van der Waals surface area contributed by atoms with E-state index in [4.69, 9.17) is 9.47 Å². The first-order valence-corrected chi connectivity index (χ1v) is 7.05. The normalized spacial score (nSPS) is 19.6. The third kappa shape index (κ3) is 2.71. The van der Waals surface area contributed by atoms with Crippen LogP contribution in [-0.4, -0.2) is 19.8 Å². The summed E-state index contributed by atoms with van der Waals surface area (Å²) in [6, 6.07) is 6.16. The minimum Gasteiger partial charge on any atom is -0.490 e. The molecule has 1 fully saturated rings. The van der Waals surface area contributed by atoms with E-state index in [0.717, 1.165) is 49.3 Å². The van der Waals surface area contributed by atoms with Gasteiger partial charge < -0.3 is 14.8 Å². The van der Waals surface area contributed by atoms with Gasteiger partial charge in [0.25, 0.3) is 0 Å². The molecule has 0 amide bonds. The van der Waals surface area contributed by atoms with Gasteiger partial charge in [0.05, 0.1) is 13.2 Å². The second kappa shape index (κ2) is 5.51. The molecule has 0 radical (unpaired) electrons. The second-order valence-electron chi connectivity index (χ2n) is 5.24. The van der Waals surface area contributed by atoms with Crippen molar-refractivity contribution in [2.24, 2.45) is 5.92 Å². The summed E-state index contributed by atoms with van der Waals surface area (Å²) >= 11 is 0. The van der Waals surface area contributed by atoms with Gasteiger partial charge in [-0.2, -0.15) is 0 Å². The van der Waals surface area contributed by atoms with Crippen LogP contribution in [0.15, 0.2) is 18.2 Å². The third-order valence-electron chi connectivity index (χ3n) is 3.82. The Kier molecular flexibility index (Phi) is 3.58. The molecule has 0 unspecified atom stereocenters. The van der Waals surface area contributed by atoms with Gasteiger partial charge in [0.2, 0.25) is 0 Å². The van der Waals surface area contributed by atoms with Crippen LogP contribution in [-0.2, 0) is 0 Å². The van der Waals surface area contributed by atoms with Gasteiger partial charge in [-0.1, -0.05) is 12.8 Å². The average Bonchev–Trinajstić information content (AvgIpc) is 2.80. The summed E-state index contributed by atoms with van der Waals surface area (Å²) in [4.78, 5) is 0. The Bertz CT molecular complexity index is 399. The van der Waals surface area contributed by atoms with E-state index in [2.05, 4.69) is 17.4 Å². The molecule has 1 saturated carbocycles. The fourth-order valence-electron chi connectivity index (χ4n) is 2.75. The molecular weight excluding hydrogens is 226 g/mol. The largest absolute Gasteiger partial charge is 0.490 e. The zero-order chi connectivity index (χ0) is 12.2. The quantitative estimate of drug-likeness (QED) is 0.887. The Labute approximate surface area is 108 Å². The van der Waals surface area contributed by atoms with E-state index >= 15 is 0 Å². The standard InChI is InChI=1S/C15H21NO2/c1-2-5-12(4-1)11-16-13-6-7-14-15(10-13)18-9-3-8-17-14/h6-7,10,12,16H,1-5,8-9,11H2. The van der Waals surface area contributed by atoms with E-state index in [1.54, 1.807) is 0 Å². The molecule has 98 valence electrons. The molecular formula is C15H21NO2. The summed E-state index contributed by atoms with van der Waals surface area (Å²) in [7, 11) is 0. The Hall–Kier alpha value is -1.38. The van der Waals surface area contributed by atoms with Gasteiger partial charge in [0, 0.05) is 24.7 Å². The monoisotopic (exact) mass is 247 g/mol. The zero-order valence-corrected chi connectivity index (χ0v) is 10.8. The number of benzene rings is 1. The highest BCUT2D eigenvalue weighted by Gasteiger charge is 2.15. The lowest BCUT2D eigenvalue weighted by atomic mass is 10.1. The number of rotatable bonds is 3. The SMILES string of the molecule is c1cc2c(cc1NCC1CCCC1)OCCCO2. The molecule has 1 aliphatic heterocycles. The maximum atomic E-state index is 5.70. The van der Waals surface area contributed by atoms with Crippen LogP contribution in [0.25, 0.3) is 0 Å². The van der Waals surface area contributed by atoms with Crippen molar-refractivity contribution < 1.29 is 9.47 Å². The molecule has 1 aromatic carbocycles. The predicted octanol–water partition coefficient (Wildman–Crippen LogP) is 3.45. The number of hydrogen-bond donors (Lipinski definition) is 1. The maximum Gasteiger partial charge on any atom is 0.163 e. The number of nitrogens with one attached hydrogen (secondary N) is 1. The van der Waals surface area contributed by atoms with E-state index in [0.29, 0.717) is 0 Å². The van der Waals surface area contributed by atoms with Gasteiger partial charge in [-0.05, 0) is 30.9 Å². The summed E-state index contributed by atoms with van der Waals surface area (Å²) in [6.07, 6.45) is 6.50. The van der Waals surface area contributed by atoms with Crippen LogP contribution in [0.3, 0.4) is 0 Å². The highest BCUT2D eigenvalue weighted by molar-refractivity contribution is 5.55. The van der Waals surface area contributed by atoms with Gasteiger partial charge in [-0.15, -0.1) is 0 Å². The lowest BCUT2D eigenvalue weighted by Gasteiger charge is -2.14. The first kappa shape index (κ1) is 11.7. The molecule has 0 spiro atoms. The van der Waals surface area contributed by atoms with Crippen molar-refractivity contribution in [3.63, 3.8) is 0 Å². The molecule has 3 rings (SSSR count). The van der Waals surface area contributed by atoms with Crippen molar-refractivity contribution in [1.29, 1.82) is 0 Å². The van der Waals surface area contributed by atoms with Gasteiger partial charge in [0.1, 0.15) is 0 Å². The van der Waals surface area contributed by atoms with Crippen LogP contribution in [0, 0.1) is 5.92 Å². The van der Waals surface area contributed by atoms with Crippen molar-refractivity contribution in [2.45, 2.75) is 32.1 Å². The van der Waals surface area contributed by atoms with Gasteiger partial charge in [0.15, 0.2) is 11.5 Å². The minimum atomic E-state index is 0.749. The van der Waals surface area contributed by atoms with Crippen LogP contribution < -0.4 is 14.8 Å². The molecule has 0 bridgehead atoms. The second-order valence-corrected chi connectivity index (χ2v) is 5.24. The third-order valence-corrected chi connectivity index (χ3v) is 3.82. The Morgan fingerprint density at radius 3 is 2.61 bits per heavy atom. The fourth-order valence-corrected chi connectivity index (χ4v) is 2.75. The van der Waals surface area contributed by atoms with Crippen molar-refractivity contribution in [2.75, 3.05) is 25.1 Å². The van der Waals surface area contributed by atoms with Gasteiger partial charge >= 0.3 is 0 Å². The first-order valence-electron chi connectivity index (χ1n) is 7.05. The molecule has 3 heteroatoms. The molecule has 3 nitrogen and oxygen atoms in total. The zero-order valence-electron chi connectivity index (χ0n) is 10.8. The van der Waals surface area contributed by atoms with Crippen molar-refractivity contribution >= 4 is 5.69 Å². The molecule has 2 aliphatic rings. The molecule has 1 aliphatic carbocycles. The van der Waals surface area contributed by atoms with Crippen LogP contribution in [0.4, 0.5) is 5.69 Å². The van der Waals surface area contributed by atoms with Crippen LogP contribution in [0.1, 0.15) is 32.1 Å².